The van der Waals surface area contributed by atoms with Gasteiger partial charge < -0.3 is 5.73 Å². The highest BCUT2D eigenvalue weighted by atomic mass is 19.2. The van der Waals surface area contributed by atoms with Gasteiger partial charge in [0.15, 0.2) is 23.3 Å². The molecule has 0 spiro atoms. The van der Waals surface area contributed by atoms with Crippen LogP contribution in [0.5, 0.6) is 0 Å². The van der Waals surface area contributed by atoms with E-state index >= 15 is 0 Å². The SMILES string of the molecule is Nc1n[nH]c(-c2cc(F)c(F)c(F)c2)c1-c1ccncc1. The fourth-order valence-electron chi connectivity index (χ4n) is 2.08. The predicted molar refractivity (Wildman–Crippen MR) is 71.5 cm³/mol. The lowest BCUT2D eigenvalue weighted by molar-refractivity contribution is 0.447. The Hall–Kier alpha value is -2.83. The molecule has 0 saturated heterocycles. The van der Waals surface area contributed by atoms with Crippen LogP contribution in [0.25, 0.3) is 22.4 Å². The number of hydrogen-bond donors (Lipinski definition) is 2. The molecule has 0 atom stereocenters. The van der Waals surface area contributed by atoms with Crippen molar-refractivity contribution >= 4 is 5.82 Å². The zero-order chi connectivity index (χ0) is 15.0. The minimum atomic E-state index is -1.52. The average Bonchev–Trinajstić information content (AvgIpc) is 2.87. The van der Waals surface area contributed by atoms with Crippen molar-refractivity contribution in [2.24, 2.45) is 0 Å². The van der Waals surface area contributed by atoms with E-state index in [1.54, 1.807) is 24.5 Å². The molecule has 1 aromatic carbocycles. The van der Waals surface area contributed by atoms with E-state index in [1.165, 1.54) is 0 Å². The van der Waals surface area contributed by atoms with Crippen LogP contribution in [0.2, 0.25) is 0 Å². The summed E-state index contributed by atoms with van der Waals surface area (Å²) in [5.74, 6) is -3.91. The molecular weight excluding hydrogens is 281 g/mol. The fraction of sp³-hybridized carbons (Fsp3) is 0. The van der Waals surface area contributed by atoms with Crippen molar-refractivity contribution in [1.29, 1.82) is 0 Å². The second-order valence-electron chi connectivity index (χ2n) is 4.35. The number of nitrogen functional groups attached to an aromatic ring is 1. The third-order valence-corrected chi connectivity index (χ3v) is 3.04. The number of nitrogens with zero attached hydrogens (tertiary/aromatic N) is 2. The van der Waals surface area contributed by atoms with Crippen molar-refractivity contribution in [3.63, 3.8) is 0 Å². The molecule has 106 valence electrons. The summed E-state index contributed by atoms with van der Waals surface area (Å²) in [6.45, 7) is 0. The maximum atomic E-state index is 13.4. The highest BCUT2D eigenvalue weighted by molar-refractivity contribution is 5.87. The smallest absolute Gasteiger partial charge is 0.194 e. The molecular formula is C14H9F3N4. The van der Waals surface area contributed by atoms with Gasteiger partial charge in [0.2, 0.25) is 0 Å². The molecule has 0 amide bonds. The van der Waals surface area contributed by atoms with Gasteiger partial charge >= 0.3 is 0 Å². The number of aromatic amines is 1. The number of rotatable bonds is 2. The summed E-state index contributed by atoms with van der Waals surface area (Å²) in [7, 11) is 0. The summed E-state index contributed by atoms with van der Waals surface area (Å²) in [5.41, 5.74) is 7.36. The van der Waals surface area contributed by atoms with Gasteiger partial charge in [-0.2, -0.15) is 5.10 Å². The second kappa shape index (κ2) is 4.93. The molecule has 3 aromatic rings. The summed E-state index contributed by atoms with van der Waals surface area (Å²) >= 11 is 0. The maximum absolute atomic E-state index is 13.4. The monoisotopic (exact) mass is 290 g/mol. The Bertz CT molecular complexity index is 776. The molecule has 2 heterocycles. The molecule has 21 heavy (non-hydrogen) atoms. The van der Waals surface area contributed by atoms with Crippen molar-refractivity contribution in [2.75, 3.05) is 5.73 Å². The van der Waals surface area contributed by atoms with Crippen LogP contribution >= 0.6 is 0 Å². The van der Waals surface area contributed by atoms with E-state index in [-0.39, 0.29) is 11.4 Å². The van der Waals surface area contributed by atoms with Gasteiger partial charge in [0.25, 0.3) is 0 Å². The van der Waals surface area contributed by atoms with E-state index in [1.807, 2.05) is 0 Å². The first-order valence-corrected chi connectivity index (χ1v) is 5.97. The number of halogens is 3. The van der Waals surface area contributed by atoms with Gasteiger partial charge in [-0.25, -0.2) is 13.2 Å². The minimum Gasteiger partial charge on any atom is -0.382 e. The third-order valence-electron chi connectivity index (χ3n) is 3.04. The third kappa shape index (κ3) is 2.22. The van der Waals surface area contributed by atoms with E-state index in [0.29, 0.717) is 16.8 Å². The molecule has 0 saturated carbocycles. The molecule has 7 heteroatoms. The van der Waals surface area contributed by atoms with Crippen molar-refractivity contribution < 1.29 is 13.2 Å². The molecule has 3 N–H and O–H groups in total. The summed E-state index contributed by atoms with van der Waals surface area (Å²) in [4.78, 5) is 3.89. The van der Waals surface area contributed by atoms with Gasteiger partial charge in [0.05, 0.1) is 11.3 Å². The van der Waals surface area contributed by atoms with Crippen LogP contribution in [0.1, 0.15) is 0 Å². The van der Waals surface area contributed by atoms with E-state index in [2.05, 4.69) is 15.2 Å². The zero-order valence-corrected chi connectivity index (χ0v) is 10.6. The summed E-state index contributed by atoms with van der Waals surface area (Å²) in [5, 5.41) is 6.46. The number of anilines is 1. The van der Waals surface area contributed by atoms with Crippen LogP contribution in [-0.2, 0) is 0 Å². The molecule has 0 unspecified atom stereocenters. The number of nitrogens with one attached hydrogen (secondary N) is 1. The van der Waals surface area contributed by atoms with Crippen molar-refractivity contribution in [3.8, 4) is 22.4 Å². The molecule has 0 fully saturated rings. The Morgan fingerprint density at radius 2 is 1.57 bits per heavy atom. The zero-order valence-electron chi connectivity index (χ0n) is 10.6. The number of pyridine rings is 1. The van der Waals surface area contributed by atoms with Crippen LogP contribution in [0.4, 0.5) is 19.0 Å². The van der Waals surface area contributed by atoms with E-state index in [4.69, 9.17) is 5.73 Å². The van der Waals surface area contributed by atoms with Gasteiger partial charge in [0, 0.05) is 18.0 Å². The van der Waals surface area contributed by atoms with E-state index in [9.17, 15) is 13.2 Å². The maximum Gasteiger partial charge on any atom is 0.194 e. The molecule has 2 aromatic heterocycles. The summed E-state index contributed by atoms with van der Waals surface area (Å²) in [6.07, 6.45) is 3.11. The fourth-order valence-corrected chi connectivity index (χ4v) is 2.08. The van der Waals surface area contributed by atoms with Crippen molar-refractivity contribution in [2.45, 2.75) is 0 Å². The molecule has 0 bridgehead atoms. The minimum absolute atomic E-state index is 0.113. The normalized spacial score (nSPS) is 10.8. The molecule has 3 rings (SSSR count). The number of benzene rings is 1. The first-order chi connectivity index (χ1) is 10.1. The van der Waals surface area contributed by atoms with Gasteiger partial charge in [-0.1, -0.05) is 0 Å². The molecule has 0 radical (unpaired) electrons. The molecule has 0 aliphatic rings. The molecule has 0 aliphatic heterocycles. The number of H-pyrrole nitrogens is 1. The summed E-state index contributed by atoms with van der Waals surface area (Å²) in [6, 6.07) is 5.13. The number of nitrogens with two attached hydrogens (primary N) is 1. The van der Waals surface area contributed by atoms with Gasteiger partial charge in [-0.05, 0) is 29.8 Å². The van der Waals surface area contributed by atoms with Gasteiger partial charge in [0.1, 0.15) is 0 Å². The van der Waals surface area contributed by atoms with Gasteiger partial charge in [-0.15, -0.1) is 0 Å². The Kier molecular flexibility index (Phi) is 3.09. The Morgan fingerprint density at radius 1 is 0.952 bits per heavy atom. The first-order valence-electron chi connectivity index (χ1n) is 5.97. The quantitative estimate of drug-likeness (QED) is 0.712. The number of aromatic nitrogens is 3. The Labute approximate surface area is 117 Å². The Morgan fingerprint density at radius 3 is 2.19 bits per heavy atom. The highest BCUT2D eigenvalue weighted by Gasteiger charge is 2.18. The predicted octanol–water partition coefficient (Wildman–Crippen LogP) is 3.14. The van der Waals surface area contributed by atoms with Crippen LogP contribution < -0.4 is 5.73 Å². The van der Waals surface area contributed by atoms with Crippen molar-refractivity contribution in [1.82, 2.24) is 15.2 Å². The number of hydrogen-bond acceptors (Lipinski definition) is 3. The topological polar surface area (TPSA) is 67.6 Å². The molecule has 4 nitrogen and oxygen atoms in total. The summed E-state index contributed by atoms with van der Waals surface area (Å²) < 4.78 is 39.8. The standard InChI is InChI=1S/C14H9F3N4/c15-9-5-8(6-10(16)12(9)17)13-11(14(18)21-20-13)7-1-3-19-4-2-7/h1-6H,(H3,18,20,21). The average molecular weight is 290 g/mol. The van der Waals surface area contributed by atoms with Crippen LogP contribution in [0, 0.1) is 17.5 Å². The highest BCUT2D eigenvalue weighted by Crippen LogP contribution is 2.35. The van der Waals surface area contributed by atoms with Crippen LogP contribution in [-0.4, -0.2) is 15.2 Å². The van der Waals surface area contributed by atoms with Crippen molar-refractivity contribution in [3.05, 3.63) is 54.1 Å². The largest absolute Gasteiger partial charge is 0.382 e. The van der Waals surface area contributed by atoms with Crippen LogP contribution in [0.3, 0.4) is 0 Å². The first kappa shape index (κ1) is 13.2. The van der Waals surface area contributed by atoms with Crippen LogP contribution in [0.15, 0.2) is 36.7 Å². The van der Waals surface area contributed by atoms with Gasteiger partial charge in [-0.3, -0.25) is 10.1 Å². The molecule has 0 aliphatic carbocycles. The van der Waals surface area contributed by atoms with E-state index < -0.39 is 17.5 Å². The Balaban J connectivity index is 2.21. The second-order valence-corrected chi connectivity index (χ2v) is 4.35. The lowest BCUT2D eigenvalue weighted by Crippen LogP contribution is -1.93. The van der Waals surface area contributed by atoms with E-state index in [0.717, 1.165) is 12.1 Å². The lowest BCUT2D eigenvalue weighted by atomic mass is 10.0. The lowest BCUT2D eigenvalue weighted by Gasteiger charge is -2.05.